The average Bonchev–Trinajstić information content (AvgIpc) is 3.16. The van der Waals surface area contributed by atoms with Crippen LogP contribution in [0, 0.1) is 6.92 Å². The fourth-order valence-corrected chi connectivity index (χ4v) is 4.80. The monoisotopic (exact) mass is 431 g/mol. The lowest BCUT2D eigenvalue weighted by Gasteiger charge is -2.25. The maximum Gasteiger partial charge on any atom is 0.255 e. The predicted molar refractivity (Wildman–Crippen MR) is 129 cm³/mol. The Balaban J connectivity index is 1.51. The first-order valence-electron chi connectivity index (χ1n) is 10.1. The van der Waals surface area contributed by atoms with E-state index >= 15 is 0 Å². The van der Waals surface area contributed by atoms with Crippen molar-refractivity contribution < 1.29 is 9.59 Å². The average molecular weight is 432 g/mol. The Hall–Kier alpha value is -3.25. The van der Waals surface area contributed by atoms with Gasteiger partial charge in [0.25, 0.3) is 5.91 Å². The Labute approximate surface area is 187 Å². The van der Waals surface area contributed by atoms with Gasteiger partial charge in [0.05, 0.1) is 5.75 Å². The van der Waals surface area contributed by atoms with E-state index in [0.717, 1.165) is 28.2 Å². The molecule has 1 saturated heterocycles. The molecule has 1 heterocycles. The molecule has 1 atom stereocenters. The fraction of sp³-hybridized carbons (Fsp3) is 0.200. The van der Waals surface area contributed by atoms with Crippen LogP contribution in [0.15, 0.2) is 72.8 Å². The van der Waals surface area contributed by atoms with Gasteiger partial charge >= 0.3 is 0 Å². The van der Waals surface area contributed by atoms with E-state index in [4.69, 9.17) is 0 Å². The van der Waals surface area contributed by atoms with Crippen molar-refractivity contribution in [2.45, 2.75) is 12.3 Å². The predicted octanol–water partition coefficient (Wildman–Crippen LogP) is 5.09. The number of nitrogens with one attached hydrogen (secondary N) is 1. The molecule has 0 radical (unpaired) electrons. The van der Waals surface area contributed by atoms with Gasteiger partial charge in [-0.3, -0.25) is 14.5 Å². The second-order valence-electron chi connectivity index (χ2n) is 7.73. The van der Waals surface area contributed by atoms with Crippen molar-refractivity contribution in [3.8, 4) is 0 Å². The molecule has 2 amide bonds. The summed E-state index contributed by atoms with van der Waals surface area (Å²) in [6, 6.07) is 23.3. The van der Waals surface area contributed by atoms with E-state index in [9.17, 15) is 9.59 Å². The molecule has 0 bridgehead atoms. The smallest absolute Gasteiger partial charge is 0.255 e. The van der Waals surface area contributed by atoms with Crippen molar-refractivity contribution in [1.29, 1.82) is 0 Å². The largest absolute Gasteiger partial charge is 0.378 e. The Morgan fingerprint density at radius 3 is 2.32 bits per heavy atom. The number of nitrogens with zero attached hydrogens (tertiary/aromatic N) is 2. The molecular formula is C25H25N3O2S. The number of aryl methyl sites for hydroxylation is 1. The summed E-state index contributed by atoms with van der Waals surface area (Å²) in [6.45, 7) is 1.92. The van der Waals surface area contributed by atoms with Crippen LogP contribution < -0.4 is 15.1 Å². The number of hydrogen-bond acceptors (Lipinski definition) is 4. The first-order chi connectivity index (χ1) is 14.9. The number of hydrogen-bond donors (Lipinski definition) is 1. The van der Waals surface area contributed by atoms with E-state index in [2.05, 4.69) is 5.32 Å². The van der Waals surface area contributed by atoms with Crippen molar-refractivity contribution in [2.75, 3.05) is 35.0 Å². The summed E-state index contributed by atoms with van der Waals surface area (Å²) in [5.74, 6) is 0.426. The zero-order chi connectivity index (χ0) is 22.0. The molecular weight excluding hydrogens is 406 g/mol. The van der Waals surface area contributed by atoms with Crippen molar-refractivity contribution >= 4 is 40.6 Å². The van der Waals surface area contributed by atoms with Crippen LogP contribution in [0.4, 0.5) is 17.1 Å². The number of carbonyl (C=O) groups excluding carboxylic acids is 2. The highest BCUT2D eigenvalue weighted by molar-refractivity contribution is 8.00. The molecule has 1 aliphatic heterocycles. The molecule has 0 aromatic heterocycles. The lowest BCUT2D eigenvalue weighted by Crippen LogP contribution is -2.27. The van der Waals surface area contributed by atoms with Crippen LogP contribution in [0.3, 0.4) is 0 Å². The number of rotatable bonds is 5. The van der Waals surface area contributed by atoms with Gasteiger partial charge in [0.1, 0.15) is 5.37 Å². The molecule has 1 aliphatic rings. The summed E-state index contributed by atoms with van der Waals surface area (Å²) in [6.07, 6.45) is 0. The minimum absolute atomic E-state index is 0.0844. The van der Waals surface area contributed by atoms with E-state index < -0.39 is 0 Å². The Kier molecular flexibility index (Phi) is 6.00. The summed E-state index contributed by atoms with van der Waals surface area (Å²) in [7, 11) is 3.99. The third-order valence-electron chi connectivity index (χ3n) is 5.36. The quantitative estimate of drug-likeness (QED) is 0.611. The summed E-state index contributed by atoms with van der Waals surface area (Å²) in [4.78, 5) is 29.1. The van der Waals surface area contributed by atoms with E-state index in [-0.39, 0.29) is 17.2 Å². The maximum atomic E-state index is 12.6. The molecule has 6 heteroatoms. The molecule has 5 nitrogen and oxygen atoms in total. The summed E-state index contributed by atoms with van der Waals surface area (Å²) in [5, 5.41) is 2.87. The normalized spacial score (nSPS) is 15.8. The third-order valence-corrected chi connectivity index (χ3v) is 6.57. The molecule has 1 fully saturated rings. The van der Waals surface area contributed by atoms with Gasteiger partial charge in [-0.05, 0) is 60.5 Å². The number of benzene rings is 3. The zero-order valence-electron chi connectivity index (χ0n) is 17.8. The van der Waals surface area contributed by atoms with E-state index in [1.165, 1.54) is 0 Å². The molecule has 31 heavy (non-hydrogen) atoms. The van der Waals surface area contributed by atoms with Gasteiger partial charge in [-0.25, -0.2) is 0 Å². The minimum Gasteiger partial charge on any atom is -0.378 e. The third kappa shape index (κ3) is 4.44. The molecule has 0 aliphatic carbocycles. The minimum atomic E-state index is -0.126. The second kappa shape index (κ2) is 8.86. The topological polar surface area (TPSA) is 52.7 Å². The lowest BCUT2D eigenvalue weighted by molar-refractivity contribution is -0.115. The highest BCUT2D eigenvalue weighted by atomic mass is 32.2. The maximum absolute atomic E-state index is 12.6. The zero-order valence-corrected chi connectivity index (χ0v) is 18.6. The number of carbonyl (C=O) groups is 2. The van der Waals surface area contributed by atoms with Crippen LogP contribution >= 0.6 is 11.8 Å². The van der Waals surface area contributed by atoms with Crippen molar-refractivity contribution in [3.05, 3.63) is 89.5 Å². The number of thioether (sulfide) groups is 1. The second-order valence-corrected chi connectivity index (χ2v) is 8.80. The van der Waals surface area contributed by atoms with Gasteiger partial charge < -0.3 is 10.2 Å². The van der Waals surface area contributed by atoms with Crippen LogP contribution in [0.5, 0.6) is 0 Å². The van der Waals surface area contributed by atoms with Gasteiger partial charge in [-0.2, -0.15) is 0 Å². The number of amides is 2. The first-order valence-corrected chi connectivity index (χ1v) is 11.2. The highest BCUT2D eigenvalue weighted by Crippen LogP contribution is 2.42. The molecule has 4 rings (SSSR count). The van der Waals surface area contributed by atoms with Gasteiger partial charge in [0.15, 0.2) is 0 Å². The Morgan fingerprint density at radius 1 is 1.00 bits per heavy atom. The summed E-state index contributed by atoms with van der Waals surface area (Å²) in [5.41, 5.74) is 5.34. The Morgan fingerprint density at radius 2 is 1.68 bits per heavy atom. The molecule has 3 aromatic carbocycles. The van der Waals surface area contributed by atoms with Crippen molar-refractivity contribution in [1.82, 2.24) is 0 Å². The van der Waals surface area contributed by atoms with Crippen LogP contribution in [0.25, 0.3) is 0 Å². The van der Waals surface area contributed by atoms with Crippen molar-refractivity contribution in [2.24, 2.45) is 0 Å². The SMILES string of the molecule is Cc1ccccc1C(=O)Nc1ccc([C@@H]2SCC(=O)N2c2ccc(N(C)C)cc2)cc1. The molecule has 0 saturated carbocycles. The van der Waals surface area contributed by atoms with E-state index in [1.807, 2.05) is 104 Å². The van der Waals surface area contributed by atoms with E-state index in [1.54, 1.807) is 11.8 Å². The molecule has 3 aromatic rings. The fourth-order valence-electron chi connectivity index (χ4n) is 3.62. The van der Waals surface area contributed by atoms with Crippen LogP contribution in [0.2, 0.25) is 0 Å². The molecule has 158 valence electrons. The molecule has 0 spiro atoms. The van der Waals surface area contributed by atoms with Crippen LogP contribution in [-0.4, -0.2) is 31.7 Å². The van der Waals surface area contributed by atoms with Crippen LogP contribution in [0.1, 0.15) is 26.9 Å². The Bertz CT molecular complexity index is 1090. The van der Waals surface area contributed by atoms with E-state index in [0.29, 0.717) is 11.3 Å². The van der Waals surface area contributed by atoms with Gasteiger partial charge in [0.2, 0.25) is 5.91 Å². The summed E-state index contributed by atoms with van der Waals surface area (Å²) < 4.78 is 0. The number of anilines is 3. The lowest BCUT2D eigenvalue weighted by atomic mass is 10.1. The van der Waals surface area contributed by atoms with Crippen LogP contribution in [-0.2, 0) is 4.79 Å². The van der Waals surface area contributed by atoms with Gasteiger partial charge in [0, 0.05) is 36.7 Å². The standard InChI is InChI=1S/C25H25N3O2S/c1-17-6-4-5-7-22(17)24(30)26-19-10-8-18(9-11-19)25-28(23(29)16-31-25)21-14-12-20(13-15-21)27(2)3/h4-15,25H,16H2,1-3H3,(H,26,30)/t25-/m0/s1. The summed E-state index contributed by atoms with van der Waals surface area (Å²) >= 11 is 1.61. The molecule has 1 N–H and O–H groups in total. The highest BCUT2D eigenvalue weighted by Gasteiger charge is 2.34. The van der Waals surface area contributed by atoms with Gasteiger partial charge in [-0.15, -0.1) is 11.8 Å². The van der Waals surface area contributed by atoms with Crippen molar-refractivity contribution in [3.63, 3.8) is 0 Å². The van der Waals surface area contributed by atoms with Gasteiger partial charge in [-0.1, -0.05) is 30.3 Å². The first kappa shape index (κ1) is 21.0. The molecule has 0 unspecified atom stereocenters.